The van der Waals surface area contributed by atoms with Gasteiger partial charge in [0.05, 0.1) is 12.1 Å². The fourth-order valence-electron chi connectivity index (χ4n) is 2.51. The Labute approximate surface area is 144 Å². The standard InChI is InChI=1S/C17H21NO7/c1-17(2,3)25-16(23)18-9-12(8-13(18)15(21)22)24-11-6-4-10(5-7-11)14(19)20/h4-7,12-13H,8-9H2,1-3H3,(H,19,20)(H,21,22)/t12-,13+/m1/s1. The molecule has 25 heavy (non-hydrogen) atoms. The Hall–Kier alpha value is -2.77. The highest BCUT2D eigenvalue weighted by Gasteiger charge is 2.42. The first-order chi connectivity index (χ1) is 11.6. The number of carboxylic acid groups (broad SMARTS) is 2. The van der Waals surface area contributed by atoms with Crippen LogP contribution in [0.25, 0.3) is 0 Å². The SMILES string of the molecule is CC(C)(C)OC(=O)N1C[C@H](Oc2ccc(C(=O)O)cc2)C[C@H]1C(=O)O. The van der Waals surface area contributed by atoms with Gasteiger partial charge in [-0.2, -0.15) is 0 Å². The van der Waals surface area contributed by atoms with E-state index in [1.807, 2.05) is 0 Å². The van der Waals surface area contributed by atoms with Crippen LogP contribution in [0.4, 0.5) is 4.79 Å². The summed E-state index contributed by atoms with van der Waals surface area (Å²) in [5, 5.41) is 18.2. The first-order valence-electron chi connectivity index (χ1n) is 7.79. The lowest BCUT2D eigenvalue weighted by Crippen LogP contribution is -2.43. The fourth-order valence-corrected chi connectivity index (χ4v) is 2.51. The smallest absolute Gasteiger partial charge is 0.411 e. The molecule has 1 aliphatic rings. The highest BCUT2D eigenvalue weighted by Crippen LogP contribution is 2.25. The Morgan fingerprint density at radius 3 is 2.20 bits per heavy atom. The van der Waals surface area contributed by atoms with E-state index in [0.29, 0.717) is 5.75 Å². The molecule has 2 atom stereocenters. The normalized spacial score (nSPS) is 20.2. The molecule has 0 saturated carbocycles. The third-order valence-corrected chi connectivity index (χ3v) is 3.58. The number of hydrogen-bond acceptors (Lipinski definition) is 5. The van der Waals surface area contributed by atoms with E-state index in [-0.39, 0.29) is 18.5 Å². The first kappa shape index (κ1) is 18.6. The molecule has 0 aromatic heterocycles. The van der Waals surface area contributed by atoms with Crippen molar-refractivity contribution in [1.82, 2.24) is 4.90 Å². The average molecular weight is 351 g/mol. The van der Waals surface area contributed by atoms with Crippen molar-refractivity contribution in [1.29, 1.82) is 0 Å². The van der Waals surface area contributed by atoms with Crippen molar-refractivity contribution in [2.75, 3.05) is 6.54 Å². The second-order valence-electron chi connectivity index (χ2n) is 6.79. The minimum atomic E-state index is -1.13. The van der Waals surface area contributed by atoms with Gasteiger partial charge in [0.2, 0.25) is 0 Å². The van der Waals surface area contributed by atoms with Gasteiger partial charge < -0.3 is 19.7 Å². The van der Waals surface area contributed by atoms with Gasteiger partial charge >= 0.3 is 18.0 Å². The maximum absolute atomic E-state index is 12.2. The first-order valence-corrected chi connectivity index (χ1v) is 7.79. The van der Waals surface area contributed by atoms with Crippen LogP contribution in [0.3, 0.4) is 0 Å². The topological polar surface area (TPSA) is 113 Å². The van der Waals surface area contributed by atoms with Crippen LogP contribution in [0.1, 0.15) is 37.6 Å². The molecule has 0 spiro atoms. The summed E-state index contributed by atoms with van der Waals surface area (Å²) in [5.74, 6) is -1.77. The molecule has 2 N–H and O–H groups in total. The molecular weight excluding hydrogens is 330 g/mol. The Morgan fingerprint density at radius 2 is 1.72 bits per heavy atom. The number of aromatic carboxylic acids is 1. The van der Waals surface area contributed by atoms with Crippen LogP contribution >= 0.6 is 0 Å². The van der Waals surface area contributed by atoms with E-state index in [4.69, 9.17) is 14.6 Å². The zero-order valence-electron chi connectivity index (χ0n) is 14.3. The number of likely N-dealkylation sites (tertiary alicyclic amines) is 1. The molecule has 2 rings (SSSR count). The number of rotatable bonds is 4. The monoisotopic (exact) mass is 351 g/mol. The van der Waals surface area contributed by atoms with Gasteiger partial charge in [-0.1, -0.05) is 0 Å². The third-order valence-electron chi connectivity index (χ3n) is 3.58. The van der Waals surface area contributed by atoms with Gasteiger partial charge in [0, 0.05) is 6.42 Å². The lowest BCUT2D eigenvalue weighted by atomic mass is 10.2. The van der Waals surface area contributed by atoms with Crippen LogP contribution in [0.15, 0.2) is 24.3 Å². The van der Waals surface area contributed by atoms with Crippen LogP contribution in [-0.4, -0.2) is 57.4 Å². The van der Waals surface area contributed by atoms with Crippen molar-refractivity contribution in [3.8, 4) is 5.75 Å². The number of benzene rings is 1. The second-order valence-corrected chi connectivity index (χ2v) is 6.79. The summed E-state index contributed by atoms with van der Waals surface area (Å²) in [4.78, 5) is 35.6. The van der Waals surface area contributed by atoms with Gasteiger partial charge in [0.1, 0.15) is 23.5 Å². The largest absolute Gasteiger partial charge is 0.488 e. The van der Waals surface area contributed by atoms with Gasteiger partial charge in [0.25, 0.3) is 0 Å². The third kappa shape index (κ3) is 4.85. The van der Waals surface area contributed by atoms with Crippen molar-refractivity contribution in [2.24, 2.45) is 0 Å². The zero-order valence-corrected chi connectivity index (χ0v) is 14.3. The molecule has 0 unspecified atom stereocenters. The summed E-state index contributed by atoms with van der Waals surface area (Å²) in [6, 6.07) is 4.75. The number of carboxylic acids is 2. The zero-order chi connectivity index (χ0) is 18.8. The molecule has 1 aromatic rings. The number of aliphatic carboxylic acids is 1. The number of amides is 1. The van der Waals surface area contributed by atoms with Gasteiger partial charge in [0.15, 0.2) is 0 Å². The molecule has 1 saturated heterocycles. The molecule has 1 fully saturated rings. The average Bonchev–Trinajstić information content (AvgIpc) is 2.90. The molecule has 8 nitrogen and oxygen atoms in total. The van der Waals surface area contributed by atoms with Crippen LogP contribution in [-0.2, 0) is 9.53 Å². The summed E-state index contributed by atoms with van der Waals surface area (Å²) in [6.07, 6.45) is -1.11. The summed E-state index contributed by atoms with van der Waals surface area (Å²) >= 11 is 0. The molecule has 1 heterocycles. The van der Waals surface area contributed by atoms with E-state index in [2.05, 4.69) is 0 Å². The minimum absolute atomic E-state index is 0.0760. The molecule has 1 aliphatic heterocycles. The molecule has 1 amide bonds. The number of carbonyl (C=O) groups excluding carboxylic acids is 1. The lowest BCUT2D eigenvalue weighted by molar-refractivity contribution is -0.142. The van der Waals surface area contributed by atoms with Gasteiger partial charge in [-0.3, -0.25) is 4.90 Å². The molecule has 1 aromatic carbocycles. The number of hydrogen-bond donors (Lipinski definition) is 2. The molecule has 0 aliphatic carbocycles. The van der Waals surface area contributed by atoms with Crippen LogP contribution in [0, 0.1) is 0 Å². The Kier molecular flexibility index (Phi) is 5.20. The summed E-state index contributed by atoms with van der Waals surface area (Å²) in [7, 11) is 0. The highest BCUT2D eigenvalue weighted by atomic mass is 16.6. The summed E-state index contributed by atoms with van der Waals surface area (Å²) in [5.41, 5.74) is -0.608. The maximum Gasteiger partial charge on any atom is 0.411 e. The molecule has 136 valence electrons. The second kappa shape index (κ2) is 7.00. The van der Waals surface area contributed by atoms with Crippen molar-refractivity contribution >= 4 is 18.0 Å². The fraction of sp³-hybridized carbons (Fsp3) is 0.471. The molecular formula is C17H21NO7. The number of nitrogens with zero attached hydrogens (tertiary/aromatic N) is 1. The number of ether oxygens (including phenoxy) is 2. The molecule has 0 bridgehead atoms. The van der Waals surface area contributed by atoms with Crippen molar-refractivity contribution in [2.45, 2.75) is 44.9 Å². The summed E-state index contributed by atoms with van der Waals surface area (Å²) < 4.78 is 10.9. The molecule has 0 radical (unpaired) electrons. The van der Waals surface area contributed by atoms with Crippen LogP contribution < -0.4 is 4.74 Å². The number of carbonyl (C=O) groups is 3. The quantitative estimate of drug-likeness (QED) is 0.855. The van der Waals surface area contributed by atoms with Crippen LogP contribution in [0.5, 0.6) is 5.75 Å². The van der Waals surface area contributed by atoms with Crippen LogP contribution in [0.2, 0.25) is 0 Å². The van der Waals surface area contributed by atoms with E-state index in [9.17, 15) is 19.5 Å². The lowest BCUT2D eigenvalue weighted by Gasteiger charge is -2.26. The van der Waals surface area contributed by atoms with Gasteiger partial charge in [-0.15, -0.1) is 0 Å². The van der Waals surface area contributed by atoms with E-state index >= 15 is 0 Å². The maximum atomic E-state index is 12.2. The van der Waals surface area contributed by atoms with Crippen molar-refractivity contribution in [3.63, 3.8) is 0 Å². The molecule has 8 heteroatoms. The predicted molar refractivity (Wildman–Crippen MR) is 86.8 cm³/mol. The Bertz CT molecular complexity index is 663. The Balaban J connectivity index is 2.07. The van der Waals surface area contributed by atoms with Crippen molar-refractivity contribution < 1.29 is 34.1 Å². The van der Waals surface area contributed by atoms with Gasteiger partial charge in [-0.25, -0.2) is 14.4 Å². The summed E-state index contributed by atoms with van der Waals surface area (Å²) in [6.45, 7) is 5.19. The van der Waals surface area contributed by atoms with E-state index in [1.165, 1.54) is 24.3 Å². The minimum Gasteiger partial charge on any atom is -0.488 e. The van der Waals surface area contributed by atoms with E-state index < -0.39 is 35.8 Å². The Morgan fingerprint density at radius 1 is 1.12 bits per heavy atom. The van der Waals surface area contributed by atoms with Gasteiger partial charge in [-0.05, 0) is 45.0 Å². The highest BCUT2D eigenvalue weighted by molar-refractivity contribution is 5.87. The van der Waals surface area contributed by atoms with E-state index in [0.717, 1.165) is 4.90 Å². The predicted octanol–water partition coefficient (Wildman–Crippen LogP) is 2.23. The van der Waals surface area contributed by atoms with E-state index in [1.54, 1.807) is 20.8 Å². The van der Waals surface area contributed by atoms with Crippen molar-refractivity contribution in [3.05, 3.63) is 29.8 Å².